The zero-order valence-corrected chi connectivity index (χ0v) is 23.0. The van der Waals surface area contributed by atoms with Gasteiger partial charge in [-0.1, -0.05) is 0 Å². The molecule has 24 heteroatoms. The first-order valence-corrected chi connectivity index (χ1v) is 15.0. The minimum Gasteiger partial charge on any atom is -0.501 e. The number of hydrogen-bond acceptors (Lipinski definition) is 15. The summed E-state index contributed by atoms with van der Waals surface area (Å²) in [6, 6.07) is 3.14. The van der Waals surface area contributed by atoms with Crippen molar-refractivity contribution >= 4 is 53.1 Å². The van der Waals surface area contributed by atoms with Crippen molar-refractivity contribution in [2.45, 2.75) is 16.7 Å². The molecule has 0 spiro atoms. The Balaban J connectivity index is 2.11. The molecule has 0 unspecified atom stereocenters. The van der Waals surface area contributed by atoms with Gasteiger partial charge < -0.3 is 5.11 Å². The van der Waals surface area contributed by atoms with Gasteiger partial charge in [-0.25, -0.2) is 17.3 Å². The lowest BCUT2D eigenvalue weighted by Gasteiger charge is -2.10. The Morgan fingerprint density at radius 1 is 1.00 bits per heavy atom. The number of nitro benzene ring substituents is 2. The normalized spacial score (nSPS) is 12.5. The number of aromatic hydroxyl groups is 1. The molecule has 0 atom stereocenters. The first-order valence-electron chi connectivity index (χ1n) is 10.6. The molecule has 0 saturated carbocycles. The molecule has 0 radical (unpaired) electrons. The predicted molar refractivity (Wildman–Crippen MR) is 136 cm³/mol. The van der Waals surface area contributed by atoms with Crippen molar-refractivity contribution in [3.05, 3.63) is 66.6 Å². The van der Waals surface area contributed by atoms with E-state index in [1.807, 2.05) is 0 Å². The average molecular weight is 653 g/mol. The Bertz CT molecular complexity index is 2030. The molecule has 42 heavy (non-hydrogen) atoms. The number of aryl methyl sites for hydroxylation is 1. The molecule has 0 aliphatic rings. The van der Waals surface area contributed by atoms with Crippen LogP contribution >= 0.6 is 0 Å². The Labute approximate surface area is 233 Å². The molecule has 2 aromatic carbocycles. The number of H-pyrrole nitrogens is 1. The van der Waals surface area contributed by atoms with Gasteiger partial charge >= 0.3 is 16.1 Å². The Morgan fingerprint density at radius 2 is 1.64 bits per heavy atom. The lowest BCUT2D eigenvalue weighted by molar-refractivity contribution is -0.394. The van der Waals surface area contributed by atoms with E-state index in [4.69, 9.17) is 4.55 Å². The number of nitrogens with zero attached hydrogens (tertiary/aromatic N) is 5. The fraction of sp³-hybridized carbons (Fsp3) is 0.167. The Morgan fingerprint density at radius 3 is 2.19 bits per heavy atom. The molecule has 3 rings (SSSR count). The molecule has 0 aliphatic heterocycles. The second kappa shape index (κ2) is 11.3. The summed E-state index contributed by atoms with van der Waals surface area (Å²) in [5.74, 6) is -2.17. The Kier molecular flexibility index (Phi) is 8.61. The van der Waals surface area contributed by atoms with Crippen molar-refractivity contribution in [2.75, 3.05) is 12.4 Å². The van der Waals surface area contributed by atoms with Crippen LogP contribution in [0, 0.1) is 27.2 Å². The topological polar surface area (TPSA) is 321 Å². The Hall–Kier alpha value is -4.62. The largest absolute Gasteiger partial charge is 0.501 e. The zero-order valence-electron chi connectivity index (χ0n) is 20.5. The molecular formula is C18H16N6O15S3. The van der Waals surface area contributed by atoms with Crippen molar-refractivity contribution < 1.29 is 53.5 Å². The number of nitro groups is 2. The zero-order chi connectivity index (χ0) is 31.8. The highest BCUT2D eigenvalue weighted by Gasteiger charge is 2.27. The van der Waals surface area contributed by atoms with Crippen LogP contribution in [0.1, 0.15) is 5.69 Å². The van der Waals surface area contributed by atoms with Gasteiger partial charge in [0, 0.05) is 6.07 Å². The number of benzene rings is 2. The molecule has 3 aromatic rings. The molecule has 0 aliphatic carbocycles. The van der Waals surface area contributed by atoms with Crippen LogP contribution in [0.4, 0.5) is 22.7 Å². The summed E-state index contributed by atoms with van der Waals surface area (Å²) < 4.78 is 93.2. The third kappa shape index (κ3) is 6.98. The third-order valence-electron chi connectivity index (χ3n) is 5.15. The molecule has 4 N–H and O–H groups in total. The van der Waals surface area contributed by atoms with Gasteiger partial charge in [0.1, 0.15) is 10.6 Å². The number of azo groups is 1. The van der Waals surface area contributed by atoms with Crippen LogP contribution in [0.15, 0.2) is 55.1 Å². The summed E-state index contributed by atoms with van der Waals surface area (Å²) >= 11 is 0. The van der Waals surface area contributed by atoms with E-state index < -0.39 is 102 Å². The molecule has 1 heterocycles. The number of aromatic amines is 1. The highest BCUT2D eigenvalue weighted by molar-refractivity contribution is 7.91. The van der Waals surface area contributed by atoms with Crippen LogP contribution in [0.25, 0.3) is 5.69 Å². The summed E-state index contributed by atoms with van der Waals surface area (Å²) in [7, 11) is -14.7. The van der Waals surface area contributed by atoms with Gasteiger partial charge in [-0.2, -0.15) is 16.8 Å². The maximum Gasteiger partial charge on any atom is 0.397 e. The number of nitrogens with one attached hydrogen (secondary N) is 1. The predicted octanol–water partition coefficient (Wildman–Crippen LogP) is 1.25. The number of aromatic nitrogens is 2. The van der Waals surface area contributed by atoms with Crippen molar-refractivity contribution in [1.82, 2.24) is 9.78 Å². The van der Waals surface area contributed by atoms with E-state index in [2.05, 4.69) is 19.5 Å². The van der Waals surface area contributed by atoms with Gasteiger partial charge in [-0.05, 0) is 25.1 Å². The van der Waals surface area contributed by atoms with Crippen molar-refractivity contribution in [1.29, 1.82) is 0 Å². The smallest absolute Gasteiger partial charge is 0.397 e. The van der Waals surface area contributed by atoms with E-state index in [0.29, 0.717) is 22.9 Å². The van der Waals surface area contributed by atoms with E-state index in [1.165, 1.54) is 6.92 Å². The van der Waals surface area contributed by atoms with Gasteiger partial charge in [-0.15, -0.1) is 10.2 Å². The van der Waals surface area contributed by atoms with E-state index in [1.54, 1.807) is 0 Å². The highest BCUT2D eigenvalue weighted by atomic mass is 32.3. The van der Waals surface area contributed by atoms with Gasteiger partial charge in [0.2, 0.25) is 5.75 Å². The monoisotopic (exact) mass is 652 g/mol. The van der Waals surface area contributed by atoms with Gasteiger partial charge in [0.15, 0.2) is 15.5 Å². The lowest BCUT2D eigenvalue weighted by Crippen LogP contribution is -2.19. The first-order chi connectivity index (χ1) is 19.2. The van der Waals surface area contributed by atoms with Crippen molar-refractivity contribution in [3.8, 4) is 11.4 Å². The molecule has 0 saturated heterocycles. The molecule has 0 fully saturated rings. The third-order valence-corrected chi connectivity index (χ3v) is 8.18. The molecular weight excluding hydrogens is 636 g/mol. The summed E-state index contributed by atoms with van der Waals surface area (Å²) in [4.78, 5) is 31.3. The number of phenolic OH excluding ortho intramolecular Hbond substituents is 1. The number of non-ortho nitro benzene ring substituents is 1. The van der Waals surface area contributed by atoms with E-state index in [0.717, 1.165) is 12.1 Å². The summed E-state index contributed by atoms with van der Waals surface area (Å²) in [6.45, 7) is 0.181. The second-order valence-corrected chi connectivity index (χ2v) is 12.5. The number of hydrogen-bond donors (Lipinski definition) is 4. The quantitative estimate of drug-likeness (QED) is 0.0979. The minimum absolute atomic E-state index is 0.136. The minimum atomic E-state index is -5.24. The molecule has 0 bridgehead atoms. The average Bonchev–Trinajstić information content (AvgIpc) is 3.14. The maximum atomic E-state index is 13.1. The molecule has 21 nitrogen and oxygen atoms in total. The van der Waals surface area contributed by atoms with Gasteiger partial charge in [0.05, 0.1) is 44.5 Å². The highest BCUT2D eigenvalue weighted by Crippen LogP contribution is 2.40. The van der Waals surface area contributed by atoms with Crippen molar-refractivity contribution in [2.24, 2.45) is 10.2 Å². The van der Waals surface area contributed by atoms with Gasteiger partial charge in [-0.3, -0.25) is 39.2 Å². The molecule has 0 amide bonds. The first kappa shape index (κ1) is 31.9. The lowest BCUT2D eigenvalue weighted by atomic mass is 10.2. The summed E-state index contributed by atoms with van der Waals surface area (Å²) in [5.41, 5.74) is -5.22. The van der Waals surface area contributed by atoms with Crippen LogP contribution in [0.3, 0.4) is 0 Å². The van der Waals surface area contributed by atoms with Crippen LogP contribution in [-0.4, -0.2) is 71.5 Å². The van der Waals surface area contributed by atoms with E-state index in [9.17, 15) is 59.9 Å². The summed E-state index contributed by atoms with van der Waals surface area (Å²) in [6.07, 6.45) is 0. The fourth-order valence-electron chi connectivity index (χ4n) is 3.29. The van der Waals surface area contributed by atoms with Crippen molar-refractivity contribution in [3.63, 3.8) is 0 Å². The number of sulfone groups is 1. The molecule has 226 valence electrons. The SMILES string of the molecule is Cc1[nH]n(-c2ccc(S(=O)(=O)CCOS(=O)(=O)O)cc2S(=O)(=O)O)c(=O)c1N=Nc1cc([N+](=O)[O-])cc([N+](=O)[O-])c1O. The number of rotatable bonds is 11. The van der Waals surface area contributed by atoms with Crippen LogP contribution < -0.4 is 5.56 Å². The molecule has 1 aromatic heterocycles. The van der Waals surface area contributed by atoms with Gasteiger partial charge in [0.25, 0.3) is 21.4 Å². The van der Waals surface area contributed by atoms with Crippen LogP contribution in [-0.2, 0) is 34.5 Å². The van der Waals surface area contributed by atoms with E-state index >= 15 is 0 Å². The maximum absolute atomic E-state index is 13.1. The summed E-state index contributed by atoms with van der Waals surface area (Å²) in [5, 5.41) is 41.7. The number of phenols is 1. The second-order valence-electron chi connectivity index (χ2n) is 7.95. The standard InChI is InChI=1S/C18H16N6O15S3/c1-9-16(20-19-12-6-10(23(27)28)7-14(17(12)25)24(29)30)18(26)22(21-9)13-3-2-11(8-15(13)41(33,34)35)40(31,32)5-4-39-42(36,37)38/h2-3,6-8,21,25H,4-5H2,1H3,(H,33,34,35)(H,36,37,38). The fourth-order valence-corrected chi connectivity index (χ4v) is 5.57. The van der Waals surface area contributed by atoms with E-state index in [-0.39, 0.29) is 5.69 Å². The van der Waals surface area contributed by atoms with Crippen LogP contribution in [0.5, 0.6) is 5.75 Å². The van der Waals surface area contributed by atoms with Crippen LogP contribution in [0.2, 0.25) is 0 Å².